The summed E-state index contributed by atoms with van der Waals surface area (Å²) in [5, 5.41) is 8.54. The number of rotatable bonds is 4. The maximum atomic E-state index is 13.0. The van der Waals surface area contributed by atoms with E-state index < -0.39 is 5.97 Å². The van der Waals surface area contributed by atoms with Crippen molar-refractivity contribution in [1.82, 2.24) is 9.97 Å². The second-order valence-electron chi connectivity index (χ2n) is 3.65. The summed E-state index contributed by atoms with van der Waals surface area (Å²) in [4.78, 5) is 17.4. The monoisotopic (exact) mass is 234 g/mol. The van der Waals surface area contributed by atoms with Crippen molar-refractivity contribution < 1.29 is 14.3 Å². The number of benzene rings is 1. The molecule has 2 N–H and O–H groups in total. The van der Waals surface area contributed by atoms with Gasteiger partial charge in [-0.3, -0.25) is 4.79 Å². The van der Waals surface area contributed by atoms with Crippen LogP contribution in [0.15, 0.2) is 30.5 Å². The Bertz CT molecular complexity index is 537. The summed E-state index contributed by atoms with van der Waals surface area (Å²) in [6, 6.07) is 6.14. The van der Waals surface area contributed by atoms with Gasteiger partial charge >= 0.3 is 5.97 Å². The number of aliphatic carboxylic acids is 1. The lowest BCUT2D eigenvalue weighted by Gasteiger charge is -1.97. The molecule has 0 spiro atoms. The Morgan fingerprint density at radius 3 is 3.00 bits per heavy atom. The zero-order chi connectivity index (χ0) is 12.3. The molecular formula is C12H11FN2O2. The zero-order valence-corrected chi connectivity index (χ0v) is 8.98. The van der Waals surface area contributed by atoms with Crippen LogP contribution in [0.25, 0.3) is 11.3 Å². The second-order valence-corrected chi connectivity index (χ2v) is 3.65. The van der Waals surface area contributed by atoms with Crippen LogP contribution in [0.3, 0.4) is 0 Å². The Morgan fingerprint density at radius 2 is 2.29 bits per heavy atom. The van der Waals surface area contributed by atoms with Crippen molar-refractivity contribution in [1.29, 1.82) is 0 Å². The molecule has 17 heavy (non-hydrogen) atoms. The summed E-state index contributed by atoms with van der Waals surface area (Å²) in [6.07, 6.45) is 1.94. The minimum atomic E-state index is -0.867. The molecule has 88 valence electrons. The van der Waals surface area contributed by atoms with Crippen LogP contribution in [0.4, 0.5) is 4.39 Å². The molecule has 4 nitrogen and oxygen atoms in total. The number of H-pyrrole nitrogens is 1. The standard InChI is InChI=1S/C12H11FN2O2/c13-9-3-1-2-8(6-9)10-7-14-11(15-10)4-5-12(16)17/h1-3,6-7H,4-5H2,(H,14,15)(H,16,17). The van der Waals surface area contributed by atoms with Gasteiger partial charge in [0.25, 0.3) is 0 Å². The van der Waals surface area contributed by atoms with Crippen molar-refractivity contribution >= 4 is 5.97 Å². The first-order valence-electron chi connectivity index (χ1n) is 5.17. The lowest BCUT2D eigenvalue weighted by molar-refractivity contribution is -0.137. The van der Waals surface area contributed by atoms with Crippen LogP contribution in [-0.2, 0) is 11.2 Å². The largest absolute Gasteiger partial charge is 0.481 e. The molecule has 0 fully saturated rings. The van der Waals surface area contributed by atoms with Gasteiger partial charge in [-0.25, -0.2) is 9.37 Å². The Labute approximate surface area is 97.1 Å². The molecule has 5 heteroatoms. The van der Waals surface area contributed by atoms with Crippen LogP contribution in [-0.4, -0.2) is 21.0 Å². The highest BCUT2D eigenvalue weighted by molar-refractivity contribution is 5.67. The number of carbonyl (C=O) groups is 1. The number of carboxylic acids is 1. The molecule has 2 rings (SSSR count). The molecule has 1 heterocycles. The number of imidazole rings is 1. The summed E-state index contributed by atoms with van der Waals surface area (Å²) in [5.74, 6) is -0.593. The lowest BCUT2D eigenvalue weighted by atomic mass is 10.2. The average Bonchev–Trinajstić information content (AvgIpc) is 2.75. The van der Waals surface area contributed by atoms with Gasteiger partial charge in [0.05, 0.1) is 18.3 Å². The highest BCUT2D eigenvalue weighted by Gasteiger charge is 2.05. The lowest BCUT2D eigenvalue weighted by Crippen LogP contribution is -1.98. The Kier molecular flexibility index (Phi) is 3.18. The van der Waals surface area contributed by atoms with Crippen molar-refractivity contribution in [2.45, 2.75) is 12.8 Å². The van der Waals surface area contributed by atoms with Gasteiger partial charge in [-0.2, -0.15) is 0 Å². The second kappa shape index (κ2) is 4.78. The summed E-state index contributed by atoms with van der Waals surface area (Å²) in [6.45, 7) is 0. The van der Waals surface area contributed by atoms with E-state index in [1.54, 1.807) is 18.3 Å². The summed E-state index contributed by atoms with van der Waals surface area (Å²) < 4.78 is 13.0. The number of hydrogen-bond acceptors (Lipinski definition) is 2. The van der Waals surface area contributed by atoms with Gasteiger partial charge in [0.1, 0.15) is 11.6 Å². The molecule has 0 saturated heterocycles. The van der Waals surface area contributed by atoms with E-state index in [1.807, 2.05) is 0 Å². The number of nitrogens with zero attached hydrogens (tertiary/aromatic N) is 1. The van der Waals surface area contributed by atoms with Crippen molar-refractivity contribution in [3.8, 4) is 11.3 Å². The number of hydrogen-bond donors (Lipinski definition) is 2. The molecule has 0 saturated carbocycles. The molecule has 1 aromatic carbocycles. The van der Waals surface area contributed by atoms with E-state index in [4.69, 9.17) is 5.11 Å². The first kappa shape index (κ1) is 11.3. The molecule has 0 aliphatic heterocycles. The van der Waals surface area contributed by atoms with Gasteiger partial charge in [-0.1, -0.05) is 12.1 Å². The van der Waals surface area contributed by atoms with Crippen LogP contribution >= 0.6 is 0 Å². The topological polar surface area (TPSA) is 66.0 Å². The minimum Gasteiger partial charge on any atom is -0.481 e. The number of aryl methyl sites for hydroxylation is 1. The number of halogens is 1. The van der Waals surface area contributed by atoms with Gasteiger partial charge in [-0.05, 0) is 12.1 Å². The van der Waals surface area contributed by atoms with E-state index in [0.717, 1.165) is 0 Å². The third kappa shape index (κ3) is 2.90. The SMILES string of the molecule is O=C(O)CCc1ncc(-c2cccc(F)c2)[nH]1. The molecule has 0 aliphatic rings. The predicted molar refractivity (Wildman–Crippen MR) is 59.9 cm³/mol. The minimum absolute atomic E-state index is 0.0239. The fraction of sp³-hybridized carbons (Fsp3) is 0.167. The highest BCUT2D eigenvalue weighted by atomic mass is 19.1. The Balaban J connectivity index is 2.15. The van der Waals surface area contributed by atoms with Gasteiger partial charge in [-0.15, -0.1) is 0 Å². The Hall–Kier alpha value is -2.17. The molecule has 0 bridgehead atoms. The molecule has 0 amide bonds. The van der Waals surface area contributed by atoms with E-state index in [-0.39, 0.29) is 12.2 Å². The number of nitrogens with one attached hydrogen (secondary N) is 1. The number of carboxylic acid groups (broad SMARTS) is 1. The maximum Gasteiger partial charge on any atom is 0.303 e. The summed E-state index contributed by atoms with van der Waals surface area (Å²) in [5.41, 5.74) is 1.38. The van der Waals surface area contributed by atoms with E-state index in [1.165, 1.54) is 12.1 Å². The van der Waals surface area contributed by atoms with E-state index in [0.29, 0.717) is 23.5 Å². The smallest absolute Gasteiger partial charge is 0.303 e. The quantitative estimate of drug-likeness (QED) is 0.852. The molecule has 0 atom stereocenters. The Morgan fingerprint density at radius 1 is 1.47 bits per heavy atom. The molecule has 0 aliphatic carbocycles. The van der Waals surface area contributed by atoms with Crippen molar-refractivity contribution in [2.75, 3.05) is 0 Å². The fourth-order valence-electron chi connectivity index (χ4n) is 1.52. The van der Waals surface area contributed by atoms with Crippen LogP contribution in [0.1, 0.15) is 12.2 Å². The van der Waals surface area contributed by atoms with E-state index in [2.05, 4.69) is 9.97 Å². The van der Waals surface area contributed by atoms with Gasteiger partial charge in [0, 0.05) is 12.0 Å². The highest BCUT2D eigenvalue weighted by Crippen LogP contribution is 2.18. The first-order chi connectivity index (χ1) is 8.15. The van der Waals surface area contributed by atoms with Crippen LogP contribution in [0.5, 0.6) is 0 Å². The predicted octanol–water partition coefficient (Wildman–Crippen LogP) is 2.23. The van der Waals surface area contributed by atoms with Crippen LogP contribution < -0.4 is 0 Å². The van der Waals surface area contributed by atoms with Gasteiger partial charge < -0.3 is 10.1 Å². The van der Waals surface area contributed by atoms with Gasteiger partial charge in [0.2, 0.25) is 0 Å². The summed E-state index contributed by atoms with van der Waals surface area (Å²) >= 11 is 0. The number of aromatic nitrogens is 2. The summed E-state index contributed by atoms with van der Waals surface area (Å²) in [7, 11) is 0. The third-order valence-corrected chi connectivity index (χ3v) is 2.34. The van der Waals surface area contributed by atoms with Gasteiger partial charge in [0.15, 0.2) is 0 Å². The van der Waals surface area contributed by atoms with E-state index in [9.17, 15) is 9.18 Å². The molecular weight excluding hydrogens is 223 g/mol. The third-order valence-electron chi connectivity index (χ3n) is 2.34. The molecule has 0 radical (unpaired) electrons. The zero-order valence-electron chi connectivity index (χ0n) is 8.98. The molecule has 1 aromatic heterocycles. The first-order valence-corrected chi connectivity index (χ1v) is 5.17. The van der Waals surface area contributed by atoms with E-state index >= 15 is 0 Å². The van der Waals surface area contributed by atoms with Crippen LogP contribution in [0.2, 0.25) is 0 Å². The molecule has 0 unspecified atom stereocenters. The average molecular weight is 234 g/mol. The normalized spacial score (nSPS) is 10.4. The van der Waals surface area contributed by atoms with Crippen molar-refractivity contribution in [3.05, 3.63) is 42.1 Å². The maximum absolute atomic E-state index is 13.0. The number of aromatic amines is 1. The van der Waals surface area contributed by atoms with Crippen molar-refractivity contribution in [3.63, 3.8) is 0 Å². The van der Waals surface area contributed by atoms with Crippen LogP contribution in [0, 0.1) is 5.82 Å². The fourth-order valence-corrected chi connectivity index (χ4v) is 1.52. The van der Waals surface area contributed by atoms with Crippen molar-refractivity contribution in [2.24, 2.45) is 0 Å². The molecule has 2 aromatic rings.